The number of amides is 3. The van der Waals surface area contributed by atoms with Crippen molar-refractivity contribution >= 4 is 87.1 Å². The molecule has 0 saturated heterocycles. The highest BCUT2D eigenvalue weighted by atomic mass is 35.5. The second-order valence-corrected chi connectivity index (χ2v) is 10.9. The molecule has 0 bridgehead atoms. The minimum Gasteiger partial charge on any atom is -0.355 e. The maximum absolute atomic E-state index is 13.0. The van der Waals surface area contributed by atoms with Crippen LogP contribution in [0.3, 0.4) is 0 Å². The van der Waals surface area contributed by atoms with Gasteiger partial charge >= 0.3 is 0 Å². The fourth-order valence-corrected chi connectivity index (χ4v) is 5.44. The van der Waals surface area contributed by atoms with Gasteiger partial charge in [0.25, 0.3) is 11.8 Å². The van der Waals surface area contributed by atoms with Gasteiger partial charge in [-0.25, -0.2) is 0 Å². The molecular weight excluding hydrogens is 568 g/mol. The number of anilines is 2. The molecule has 4 rings (SSSR count). The van der Waals surface area contributed by atoms with Crippen molar-refractivity contribution in [2.24, 2.45) is 5.92 Å². The minimum absolute atomic E-state index is 0.141. The monoisotopic (exact) mass is 583 g/mol. The molecule has 0 aliphatic heterocycles. The Morgan fingerprint density at radius 2 is 1.39 bits per heavy atom. The summed E-state index contributed by atoms with van der Waals surface area (Å²) in [5.74, 6) is -2.44. The van der Waals surface area contributed by atoms with Crippen LogP contribution in [0.5, 0.6) is 0 Å². The fraction of sp³-hybridized carbons (Fsp3) is 0.160. The Morgan fingerprint density at radius 1 is 0.778 bits per heavy atom. The zero-order valence-corrected chi connectivity index (χ0v) is 22.3. The van der Waals surface area contributed by atoms with E-state index in [1.54, 1.807) is 48.5 Å². The number of benzene rings is 3. The Kier molecular flexibility index (Phi) is 7.74. The van der Waals surface area contributed by atoms with Crippen molar-refractivity contribution in [2.75, 3.05) is 17.7 Å². The highest BCUT2D eigenvalue weighted by Gasteiger charge is 2.67. The van der Waals surface area contributed by atoms with Crippen LogP contribution in [0.2, 0.25) is 15.1 Å². The summed E-state index contributed by atoms with van der Waals surface area (Å²) in [6.07, 6.45) is 0. The van der Waals surface area contributed by atoms with Gasteiger partial charge in [-0.2, -0.15) is 0 Å². The predicted molar refractivity (Wildman–Crippen MR) is 145 cm³/mol. The first-order valence-electron chi connectivity index (χ1n) is 10.6. The fourth-order valence-electron chi connectivity index (χ4n) is 3.87. The second kappa shape index (κ2) is 10.5. The van der Waals surface area contributed by atoms with Gasteiger partial charge in [0, 0.05) is 39.9 Å². The van der Waals surface area contributed by atoms with E-state index in [1.807, 2.05) is 0 Å². The lowest BCUT2D eigenvalue weighted by molar-refractivity contribution is -0.117. The lowest BCUT2D eigenvalue weighted by Gasteiger charge is -2.11. The number of carbonyl (C=O) groups is 3. The van der Waals surface area contributed by atoms with Gasteiger partial charge in [-0.1, -0.05) is 34.8 Å². The van der Waals surface area contributed by atoms with Crippen LogP contribution in [0.15, 0.2) is 60.7 Å². The van der Waals surface area contributed by atoms with Crippen LogP contribution in [-0.2, 0) is 4.79 Å². The molecule has 0 heterocycles. The quantitative estimate of drug-likeness (QED) is 0.279. The maximum atomic E-state index is 13.0. The van der Waals surface area contributed by atoms with E-state index < -0.39 is 28.0 Å². The highest BCUT2D eigenvalue weighted by Crippen LogP contribution is 2.65. The summed E-state index contributed by atoms with van der Waals surface area (Å²) >= 11 is 31.2. The van der Waals surface area contributed by atoms with Crippen molar-refractivity contribution in [1.82, 2.24) is 5.32 Å². The Balaban J connectivity index is 1.48. The molecule has 0 aromatic heterocycles. The van der Waals surface area contributed by atoms with Gasteiger partial charge in [-0.15, -0.1) is 23.2 Å². The predicted octanol–water partition coefficient (Wildman–Crippen LogP) is 6.78. The molecule has 0 spiro atoms. The average molecular weight is 586 g/mol. The summed E-state index contributed by atoms with van der Waals surface area (Å²) in [4.78, 5) is 37.5. The summed E-state index contributed by atoms with van der Waals surface area (Å²) in [5.41, 5.74) is 2.04. The molecule has 1 fully saturated rings. The molecule has 11 heteroatoms. The van der Waals surface area contributed by atoms with E-state index in [-0.39, 0.29) is 16.5 Å². The maximum Gasteiger partial charge on any atom is 0.257 e. The first kappa shape index (κ1) is 26.6. The van der Waals surface area contributed by atoms with E-state index in [2.05, 4.69) is 16.0 Å². The lowest BCUT2D eigenvalue weighted by atomic mass is 10.1. The Hall–Kier alpha value is -2.48. The molecule has 1 saturated carbocycles. The van der Waals surface area contributed by atoms with E-state index in [4.69, 9.17) is 58.0 Å². The Labute approximate surface area is 232 Å². The van der Waals surface area contributed by atoms with Crippen LogP contribution in [0, 0.1) is 5.92 Å². The van der Waals surface area contributed by atoms with Crippen LogP contribution in [0.1, 0.15) is 32.2 Å². The molecule has 3 aromatic carbocycles. The molecule has 6 nitrogen and oxygen atoms in total. The number of halogens is 5. The normalized spacial score (nSPS) is 17.7. The number of hydrogen-bond acceptors (Lipinski definition) is 3. The van der Waals surface area contributed by atoms with Crippen molar-refractivity contribution < 1.29 is 14.4 Å². The zero-order chi connectivity index (χ0) is 26.2. The van der Waals surface area contributed by atoms with Crippen molar-refractivity contribution in [2.45, 2.75) is 10.3 Å². The highest BCUT2D eigenvalue weighted by molar-refractivity contribution is 6.53. The van der Waals surface area contributed by atoms with Crippen LogP contribution >= 0.6 is 58.0 Å². The van der Waals surface area contributed by atoms with Crippen molar-refractivity contribution in [3.05, 3.63) is 92.4 Å². The van der Waals surface area contributed by atoms with Crippen molar-refractivity contribution in [3.63, 3.8) is 0 Å². The van der Waals surface area contributed by atoms with Gasteiger partial charge in [0.05, 0.1) is 16.5 Å². The molecule has 2 atom stereocenters. The van der Waals surface area contributed by atoms with Gasteiger partial charge in [0.2, 0.25) is 5.91 Å². The van der Waals surface area contributed by atoms with Gasteiger partial charge in [-0.05, 0) is 66.2 Å². The largest absolute Gasteiger partial charge is 0.355 e. The molecule has 2 unspecified atom stereocenters. The topological polar surface area (TPSA) is 87.3 Å². The van der Waals surface area contributed by atoms with Crippen LogP contribution in [-0.4, -0.2) is 29.1 Å². The molecule has 3 N–H and O–H groups in total. The third-order valence-electron chi connectivity index (χ3n) is 5.69. The first-order valence-corrected chi connectivity index (χ1v) is 12.5. The third kappa shape index (κ3) is 5.58. The average Bonchev–Trinajstić information content (AvgIpc) is 3.41. The van der Waals surface area contributed by atoms with E-state index in [1.165, 1.54) is 19.2 Å². The first-order chi connectivity index (χ1) is 17.0. The smallest absolute Gasteiger partial charge is 0.257 e. The van der Waals surface area contributed by atoms with E-state index in [9.17, 15) is 14.4 Å². The Morgan fingerprint density at radius 3 is 2.00 bits per heavy atom. The van der Waals surface area contributed by atoms with Crippen LogP contribution in [0.25, 0.3) is 0 Å². The van der Waals surface area contributed by atoms with Crippen molar-refractivity contribution in [3.8, 4) is 0 Å². The van der Waals surface area contributed by atoms with Crippen molar-refractivity contribution in [1.29, 1.82) is 0 Å². The molecule has 36 heavy (non-hydrogen) atoms. The number of nitrogens with one attached hydrogen (secondary N) is 3. The molecule has 3 aromatic rings. The number of alkyl halides is 2. The van der Waals surface area contributed by atoms with Gasteiger partial charge in [0.15, 0.2) is 0 Å². The van der Waals surface area contributed by atoms with E-state index >= 15 is 0 Å². The number of carbonyl (C=O) groups excluding carboxylic acids is 3. The number of rotatable bonds is 6. The molecule has 0 radical (unpaired) electrons. The van der Waals surface area contributed by atoms with Gasteiger partial charge < -0.3 is 16.0 Å². The SMILES string of the molecule is CNC(=O)c1ccc(NC(=O)c2cc(NC(=O)C3C(c4cc(Cl)cc(Cl)c4)C3(Cl)Cl)ccc2Cl)cc1. The zero-order valence-electron chi connectivity index (χ0n) is 18.5. The summed E-state index contributed by atoms with van der Waals surface area (Å²) in [5, 5.41) is 8.99. The molecule has 1 aliphatic rings. The Bertz CT molecular complexity index is 1340. The van der Waals surface area contributed by atoms with Gasteiger partial charge in [0.1, 0.15) is 4.33 Å². The minimum atomic E-state index is -1.34. The second-order valence-electron chi connectivity index (χ2n) is 8.13. The summed E-state index contributed by atoms with van der Waals surface area (Å²) in [6, 6.07) is 15.8. The summed E-state index contributed by atoms with van der Waals surface area (Å²) in [6.45, 7) is 0. The number of hydrogen-bond donors (Lipinski definition) is 3. The van der Waals surface area contributed by atoms with Gasteiger partial charge in [-0.3, -0.25) is 14.4 Å². The summed E-state index contributed by atoms with van der Waals surface area (Å²) in [7, 11) is 1.53. The standard InChI is InChI=1S/C25H18Cl5N3O3/c1-31-22(34)12-2-4-16(5-3-12)32-23(35)18-11-17(6-7-19(18)28)33-24(36)21-20(25(21,29)30)13-8-14(26)10-15(27)9-13/h2-11,20-21H,1H3,(H,31,34)(H,32,35)(H,33,36). The van der Waals surface area contributed by atoms with Crippen LogP contribution in [0.4, 0.5) is 11.4 Å². The molecule has 3 amide bonds. The summed E-state index contributed by atoms with van der Waals surface area (Å²) < 4.78 is -1.34. The van der Waals surface area contributed by atoms with E-state index in [0.717, 1.165) is 0 Å². The van der Waals surface area contributed by atoms with E-state index in [0.29, 0.717) is 32.5 Å². The van der Waals surface area contributed by atoms with Crippen LogP contribution < -0.4 is 16.0 Å². The molecule has 186 valence electrons. The lowest BCUT2D eigenvalue weighted by Crippen LogP contribution is -2.19. The third-order valence-corrected chi connectivity index (χ3v) is 7.40. The molecular formula is C25H18Cl5N3O3. The molecule has 1 aliphatic carbocycles.